The van der Waals surface area contributed by atoms with Crippen molar-refractivity contribution >= 4 is 49.0 Å². The predicted molar refractivity (Wildman–Crippen MR) is 40.1 cm³/mol. The Bertz CT molecular complexity index is 80.3. The number of hydrogen-bond donors (Lipinski definition) is 1. The maximum atomic E-state index is 9.54. The second kappa shape index (κ2) is 10.9. The van der Waals surface area contributed by atoms with Crippen LogP contribution < -0.4 is 0 Å². The summed E-state index contributed by atoms with van der Waals surface area (Å²) in [5.41, 5.74) is 0. The van der Waals surface area contributed by atoms with E-state index in [0.29, 0.717) is 0 Å². The molecule has 3 nitrogen and oxygen atoms in total. The minimum atomic E-state index is -1.38. The summed E-state index contributed by atoms with van der Waals surface area (Å²) in [6.45, 7) is 1.00. The number of ketones is 1. The van der Waals surface area contributed by atoms with Crippen LogP contribution in [0.15, 0.2) is 0 Å². The maximum absolute atomic E-state index is 9.54. The monoisotopic (exact) mass is 196 g/mol. The zero-order valence-corrected chi connectivity index (χ0v) is 6.94. The van der Waals surface area contributed by atoms with Gasteiger partial charge in [-0.25, -0.2) is 4.79 Å². The van der Waals surface area contributed by atoms with Crippen molar-refractivity contribution in [1.82, 2.24) is 0 Å². The van der Waals surface area contributed by atoms with Crippen LogP contribution in [0.5, 0.6) is 0 Å². The van der Waals surface area contributed by atoms with E-state index < -0.39 is 11.8 Å². The first kappa shape index (κ1) is 23.0. The fourth-order valence-corrected chi connectivity index (χ4v) is 0. The van der Waals surface area contributed by atoms with Crippen molar-refractivity contribution in [2.75, 3.05) is 0 Å². The first-order valence-electron chi connectivity index (χ1n) is 1.38. The van der Waals surface area contributed by atoms with E-state index in [-0.39, 0.29) is 37.2 Å². The molecule has 0 aliphatic carbocycles. The van der Waals surface area contributed by atoms with Crippen LogP contribution in [0.25, 0.3) is 0 Å². The molecular formula is C3H7Cl3O3. The van der Waals surface area contributed by atoms with Crippen LogP contribution in [-0.2, 0) is 9.59 Å². The SMILES string of the molecule is CC(=O)C(=O)O.Cl.Cl.Cl. The average molecular weight is 197 g/mol. The molecule has 1 N–H and O–H groups in total. The third-order valence-electron chi connectivity index (χ3n) is 0.301. The zero-order chi connectivity index (χ0) is 5.15. The quantitative estimate of drug-likeness (QED) is 0.636. The fourth-order valence-electron chi connectivity index (χ4n) is 0. The van der Waals surface area contributed by atoms with E-state index in [2.05, 4.69) is 0 Å². The molecule has 6 heteroatoms. The Kier molecular flexibility index (Phi) is 27.9. The van der Waals surface area contributed by atoms with Crippen molar-refractivity contribution in [3.63, 3.8) is 0 Å². The Hall–Kier alpha value is 0.01000. The highest BCUT2D eigenvalue weighted by molar-refractivity contribution is 6.31. The summed E-state index contributed by atoms with van der Waals surface area (Å²) in [6, 6.07) is 0. The minimum absolute atomic E-state index is 0. The number of carbonyl (C=O) groups excluding carboxylic acids is 1. The number of carboxylic acids is 1. The van der Waals surface area contributed by atoms with Gasteiger partial charge in [0.15, 0.2) is 0 Å². The molecule has 0 saturated heterocycles. The van der Waals surface area contributed by atoms with Gasteiger partial charge in [0.05, 0.1) is 0 Å². The summed E-state index contributed by atoms with van der Waals surface area (Å²) in [5, 5.41) is 7.64. The number of hydrogen-bond acceptors (Lipinski definition) is 2. The van der Waals surface area contributed by atoms with Crippen LogP contribution in [0.4, 0.5) is 0 Å². The first-order chi connectivity index (χ1) is 2.64. The van der Waals surface area contributed by atoms with E-state index in [0.717, 1.165) is 6.92 Å². The summed E-state index contributed by atoms with van der Waals surface area (Å²) in [4.78, 5) is 18.9. The molecule has 9 heavy (non-hydrogen) atoms. The molecule has 0 unspecified atom stereocenters. The molecule has 0 amide bonds. The molecular weight excluding hydrogens is 190 g/mol. The lowest BCUT2D eigenvalue weighted by Crippen LogP contribution is -2.05. The van der Waals surface area contributed by atoms with E-state index in [1.807, 2.05) is 0 Å². The van der Waals surface area contributed by atoms with E-state index in [1.54, 1.807) is 0 Å². The molecule has 0 aromatic rings. The zero-order valence-electron chi connectivity index (χ0n) is 4.49. The molecule has 58 valence electrons. The van der Waals surface area contributed by atoms with Gasteiger partial charge < -0.3 is 5.11 Å². The van der Waals surface area contributed by atoms with Crippen LogP contribution in [0, 0.1) is 0 Å². The highest BCUT2D eigenvalue weighted by Gasteiger charge is 1.98. The molecule has 0 rings (SSSR count). The Labute approximate surface area is 71.0 Å². The van der Waals surface area contributed by atoms with Gasteiger partial charge in [0.2, 0.25) is 5.78 Å². The second-order valence-corrected chi connectivity index (χ2v) is 0.861. The average Bonchev–Trinajstić information content (AvgIpc) is 1.36. The first-order valence-corrected chi connectivity index (χ1v) is 1.38. The van der Waals surface area contributed by atoms with Gasteiger partial charge in [-0.1, -0.05) is 0 Å². The van der Waals surface area contributed by atoms with Gasteiger partial charge in [-0.05, 0) is 0 Å². The number of aliphatic carboxylic acids is 1. The standard InChI is InChI=1S/C3H4O3.3ClH/c1-2(4)3(5)6;;;/h1H3,(H,5,6);3*1H. The molecule has 0 aromatic heterocycles. The smallest absolute Gasteiger partial charge is 0.371 e. The summed E-state index contributed by atoms with van der Waals surface area (Å²) >= 11 is 0. The highest BCUT2D eigenvalue weighted by Crippen LogP contribution is 1.61. The molecule has 0 spiro atoms. The van der Waals surface area contributed by atoms with Crippen molar-refractivity contribution in [2.45, 2.75) is 6.92 Å². The van der Waals surface area contributed by atoms with Crippen LogP contribution >= 0.6 is 37.2 Å². The Morgan fingerprint density at radius 1 is 1.11 bits per heavy atom. The largest absolute Gasteiger partial charge is 0.476 e. The maximum Gasteiger partial charge on any atom is 0.371 e. The molecule has 0 saturated carbocycles. The Morgan fingerprint density at radius 2 is 1.22 bits per heavy atom. The Balaban J connectivity index is -0.0000000417. The molecule has 0 aliphatic heterocycles. The molecule has 0 fully saturated rings. The van der Waals surface area contributed by atoms with Crippen LogP contribution in [-0.4, -0.2) is 16.9 Å². The van der Waals surface area contributed by atoms with Gasteiger partial charge in [-0.2, -0.15) is 0 Å². The molecule has 0 bridgehead atoms. The second-order valence-electron chi connectivity index (χ2n) is 0.861. The van der Waals surface area contributed by atoms with Gasteiger partial charge in [-0.15, -0.1) is 37.2 Å². The minimum Gasteiger partial charge on any atom is -0.476 e. The molecule has 0 radical (unpaired) electrons. The molecule has 0 heterocycles. The van der Waals surface area contributed by atoms with Crippen molar-refractivity contribution < 1.29 is 14.7 Å². The van der Waals surface area contributed by atoms with Crippen LogP contribution in [0.1, 0.15) is 6.92 Å². The molecule has 0 atom stereocenters. The van der Waals surface area contributed by atoms with Gasteiger partial charge in [0, 0.05) is 6.92 Å². The van der Waals surface area contributed by atoms with Crippen molar-refractivity contribution in [2.24, 2.45) is 0 Å². The van der Waals surface area contributed by atoms with E-state index in [9.17, 15) is 9.59 Å². The van der Waals surface area contributed by atoms with Crippen molar-refractivity contribution in [3.05, 3.63) is 0 Å². The van der Waals surface area contributed by atoms with Gasteiger partial charge >= 0.3 is 5.97 Å². The van der Waals surface area contributed by atoms with Crippen LogP contribution in [0.2, 0.25) is 0 Å². The number of carbonyl (C=O) groups is 2. The van der Waals surface area contributed by atoms with Crippen LogP contribution in [0.3, 0.4) is 0 Å². The van der Waals surface area contributed by atoms with Crippen molar-refractivity contribution in [3.8, 4) is 0 Å². The number of Topliss-reactive ketones (excluding diaryl/α,β-unsaturated/α-hetero) is 1. The third-order valence-corrected chi connectivity index (χ3v) is 0.301. The summed E-state index contributed by atoms with van der Waals surface area (Å²) in [5.74, 6) is -2.20. The van der Waals surface area contributed by atoms with E-state index >= 15 is 0 Å². The van der Waals surface area contributed by atoms with Gasteiger partial charge in [-0.3, -0.25) is 4.79 Å². The lowest BCUT2D eigenvalue weighted by atomic mass is 10.5. The third kappa shape index (κ3) is 18.0. The summed E-state index contributed by atoms with van der Waals surface area (Å²) in [7, 11) is 0. The molecule has 0 aromatic carbocycles. The number of halogens is 3. The Morgan fingerprint density at radius 3 is 1.22 bits per heavy atom. The van der Waals surface area contributed by atoms with Gasteiger partial charge in [0.25, 0.3) is 0 Å². The van der Waals surface area contributed by atoms with E-state index in [4.69, 9.17) is 5.11 Å². The highest BCUT2D eigenvalue weighted by atomic mass is 35.5. The predicted octanol–water partition coefficient (Wildman–Crippen LogP) is 0.925. The number of rotatable bonds is 1. The summed E-state index contributed by atoms with van der Waals surface area (Å²) in [6.07, 6.45) is 0. The summed E-state index contributed by atoms with van der Waals surface area (Å²) < 4.78 is 0. The normalized spacial score (nSPS) is 5.00. The van der Waals surface area contributed by atoms with Crippen molar-refractivity contribution in [1.29, 1.82) is 0 Å². The number of carboxylic acid groups (broad SMARTS) is 1. The lowest BCUT2D eigenvalue weighted by Gasteiger charge is -1.73. The fraction of sp³-hybridized carbons (Fsp3) is 0.333. The molecule has 0 aliphatic rings. The lowest BCUT2D eigenvalue weighted by molar-refractivity contribution is -0.148. The van der Waals surface area contributed by atoms with Gasteiger partial charge in [0.1, 0.15) is 0 Å². The van der Waals surface area contributed by atoms with E-state index in [1.165, 1.54) is 0 Å². The topological polar surface area (TPSA) is 54.4 Å².